The third-order valence-corrected chi connectivity index (χ3v) is 3.68. The van der Waals surface area contributed by atoms with Crippen molar-refractivity contribution in [3.63, 3.8) is 0 Å². The van der Waals surface area contributed by atoms with Crippen LogP contribution in [0.15, 0.2) is 18.2 Å². The predicted molar refractivity (Wildman–Crippen MR) is 78.3 cm³/mol. The average Bonchev–Trinajstić information content (AvgIpc) is 2.47. The molecule has 1 aliphatic carbocycles. The molecule has 2 rings (SSSR count). The number of hydrogen-bond donors (Lipinski definition) is 4. The van der Waals surface area contributed by atoms with Crippen LogP contribution in [-0.4, -0.2) is 41.4 Å². The van der Waals surface area contributed by atoms with Crippen LogP contribution in [0.3, 0.4) is 0 Å². The number of amides is 1. The van der Waals surface area contributed by atoms with Crippen molar-refractivity contribution in [3.8, 4) is 11.5 Å². The van der Waals surface area contributed by atoms with Gasteiger partial charge in [0.2, 0.25) is 0 Å². The Kier molecular flexibility index (Phi) is 5.41. The fraction of sp³-hybridized carbons (Fsp3) is 0.533. The molecule has 1 saturated carbocycles. The van der Waals surface area contributed by atoms with E-state index in [1.165, 1.54) is 18.2 Å². The van der Waals surface area contributed by atoms with Gasteiger partial charge < -0.3 is 26.0 Å². The molecule has 6 heteroatoms. The predicted octanol–water partition coefficient (Wildman–Crippen LogP) is 1.11. The Morgan fingerprint density at radius 3 is 2.71 bits per heavy atom. The van der Waals surface area contributed by atoms with Gasteiger partial charge in [0.25, 0.3) is 5.91 Å². The lowest BCUT2D eigenvalue weighted by Crippen LogP contribution is -2.33. The highest BCUT2D eigenvalue weighted by molar-refractivity contribution is 5.97. The lowest BCUT2D eigenvalue weighted by atomic mass is 9.94. The summed E-state index contributed by atoms with van der Waals surface area (Å²) < 4.78 is 5.69. The highest BCUT2D eigenvalue weighted by Crippen LogP contribution is 2.22. The molecule has 1 aliphatic rings. The van der Waals surface area contributed by atoms with Gasteiger partial charge in [-0.2, -0.15) is 0 Å². The van der Waals surface area contributed by atoms with E-state index in [9.17, 15) is 15.0 Å². The second kappa shape index (κ2) is 7.28. The third kappa shape index (κ3) is 4.61. The highest BCUT2D eigenvalue weighted by atomic mass is 16.5. The standard InChI is InChI=1S/C15H22N2O4/c16-10-1-4-12(5-2-10)21-8-7-17-15(20)13-9-11(18)3-6-14(13)19/h3,6,9-10,12,18-19H,1-2,4-5,7-8,16H2,(H,17,20). The minimum absolute atomic E-state index is 0.0543. The number of benzene rings is 1. The summed E-state index contributed by atoms with van der Waals surface area (Å²) in [7, 11) is 0. The first-order valence-electron chi connectivity index (χ1n) is 7.23. The Morgan fingerprint density at radius 2 is 2.00 bits per heavy atom. The number of aromatic hydroxyl groups is 2. The minimum Gasteiger partial charge on any atom is -0.508 e. The fourth-order valence-electron chi connectivity index (χ4n) is 2.45. The molecule has 1 aromatic carbocycles. The monoisotopic (exact) mass is 294 g/mol. The van der Waals surface area contributed by atoms with Crippen molar-refractivity contribution in [1.82, 2.24) is 5.32 Å². The van der Waals surface area contributed by atoms with Gasteiger partial charge in [0.1, 0.15) is 11.5 Å². The van der Waals surface area contributed by atoms with Crippen molar-refractivity contribution in [2.24, 2.45) is 5.73 Å². The van der Waals surface area contributed by atoms with E-state index in [0.29, 0.717) is 19.2 Å². The van der Waals surface area contributed by atoms with E-state index in [2.05, 4.69) is 5.32 Å². The van der Waals surface area contributed by atoms with Gasteiger partial charge in [-0.25, -0.2) is 0 Å². The molecular weight excluding hydrogens is 272 g/mol. The Balaban J connectivity index is 1.71. The minimum atomic E-state index is -0.433. The molecule has 1 aromatic rings. The van der Waals surface area contributed by atoms with Gasteiger partial charge in [0, 0.05) is 12.6 Å². The zero-order valence-electron chi connectivity index (χ0n) is 11.9. The largest absolute Gasteiger partial charge is 0.508 e. The zero-order chi connectivity index (χ0) is 15.2. The van der Waals surface area contributed by atoms with Gasteiger partial charge >= 0.3 is 0 Å². The maximum absolute atomic E-state index is 11.9. The number of phenols is 2. The maximum Gasteiger partial charge on any atom is 0.255 e. The van der Waals surface area contributed by atoms with E-state index in [4.69, 9.17) is 10.5 Å². The normalized spacial score (nSPS) is 22.0. The smallest absolute Gasteiger partial charge is 0.255 e. The second-order valence-corrected chi connectivity index (χ2v) is 5.36. The molecule has 5 N–H and O–H groups in total. The quantitative estimate of drug-likeness (QED) is 0.481. The van der Waals surface area contributed by atoms with Gasteiger partial charge in [0.05, 0.1) is 18.3 Å². The number of rotatable bonds is 5. The molecule has 0 radical (unpaired) electrons. The molecule has 1 amide bonds. The molecule has 6 nitrogen and oxygen atoms in total. The number of ether oxygens (including phenoxy) is 1. The first kappa shape index (κ1) is 15.6. The molecule has 0 atom stereocenters. The van der Waals surface area contributed by atoms with E-state index in [0.717, 1.165) is 25.7 Å². The second-order valence-electron chi connectivity index (χ2n) is 5.36. The van der Waals surface area contributed by atoms with Gasteiger partial charge in [-0.05, 0) is 43.9 Å². The van der Waals surface area contributed by atoms with E-state index >= 15 is 0 Å². The molecule has 0 aromatic heterocycles. The van der Waals surface area contributed by atoms with E-state index in [1.807, 2.05) is 0 Å². The van der Waals surface area contributed by atoms with Gasteiger partial charge in [-0.3, -0.25) is 4.79 Å². The Morgan fingerprint density at radius 1 is 1.29 bits per heavy atom. The van der Waals surface area contributed by atoms with Crippen molar-refractivity contribution in [3.05, 3.63) is 23.8 Å². The molecule has 1 fully saturated rings. The van der Waals surface area contributed by atoms with Crippen LogP contribution in [0.1, 0.15) is 36.0 Å². The SMILES string of the molecule is NC1CCC(OCCNC(=O)c2cc(O)ccc2O)CC1. The van der Waals surface area contributed by atoms with Crippen LogP contribution in [0.5, 0.6) is 11.5 Å². The number of carbonyl (C=O) groups is 1. The van der Waals surface area contributed by atoms with Crippen LogP contribution >= 0.6 is 0 Å². The number of carbonyl (C=O) groups excluding carboxylic acids is 1. The van der Waals surface area contributed by atoms with Gasteiger partial charge in [0.15, 0.2) is 0 Å². The average molecular weight is 294 g/mol. The summed E-state index contributed by atoms with van der Waals surface area (Å²) in [6, 6.07) is 4.13. The Hall–Kier alpha value is -1.79. The van der Waals surface area contributed by atoms with Crippen LogP contribution in [0.2, 0.25) is 0 Å². The topological polar surface area (TPSA) is 105 Å². The number of nitrogens with two attached hydrogens (primary N) is 1. The van der Waals surface area contributed by atoms with Crippen molar-refractivity contribution in [2.45, 2.75) is 37.8 Å². The third-order valence-electron chi connectivity index (χ3n) is 3.68. The molecule has 21 heavy (non-hydrogen) atoms. The molecule has 0 saturated heterocycles. The Labute approximate surface area is 123 Å². The first-order chi connectivity index (χ1) is 10.1. The molecule has 0 bridgehead atoms. The van der Waals surface area contributed by atoms with Crippen molar-refractivity contribution < 1.29 is 19.7 Å². The summed E-state index contributed by atoms with van der Waals surface area (Å²) in [5.74, 6) is -0.655. The van der Waals surface area contributed by atoms with E-state index < -0.39 is 5.91 Å². The zero-order valence-corrected chi connectivity index (χ0v) is 11.9. The molecule has 0 heterocycles. The summed E-state index contributed by atoms with van der Waals surface area (Å²) in [5, 5.41) is 21.6. The highest BCUT2D eigenvalue weighted by Gasteiger charge is 2.18. The van der Waals surface area contributed by atoms with Gasteiger partial charge in [-0.1, -0.05) is 0 Å². The number of hydrogen-bond acceptors (Lipinski definition) is 5. The molecule has 0 unspecified atom stereocenters. The van der Waals surface area contributed by atoms with E-state index in [-0.39, 0.29) is 23.2 Å². The van der Waals surface area contributed by atoms with E-state index in [1.54, 1.807) is 0 Å². The Bertz CT molecular complexity index is 485. The van der Waals surface area contributed by atoms with Gasteiger partial charge in [-0.15, -0.1) is 0 Å². The molecule has 0 spiro atoms. The summed E-state index contributed by atoms with van der Waals surface area (Å²) in [4.78, 5) is 11.9. The van der Waals surface area contributed by atoms with Crippen LogP contribution in [0.25, 0.3) is 0 Å². The van der Waals surface area contributed by atoms with Crippen molar-refractivity contribution in [2.75, 3.05) is 13.2 Å². The van der Waals surface area contributed by atoms with Crippen LogP contribution in [0, 0.1) is 0 Å². The maximum atomic E-state index is 11.9. The fourth-order valence-corrected chi connectivity index (χ4v) is 2.45. The van der Waals surface area contributed by atoms with Crippen LogP contribution in [-0.2, 0) is 4.74 Å². The summed E-state index contributed by atoms with van der Waals surface area (Å²) in [6.45, 7) is 0.779. The van der Waals surface area contributed by atoms with Crippen molar-refractivity contribution >= 4 is 5.91 Å². The molecule has 116 valence electrons. The lowest BCUT2D eigenvalue weighted by Gasteiger charge is -2.26. The van der Waals surface area contributed by atoms with Crippen LogP contribution in [0.4, 0.5) is 0 Å². The number of phenolic OH excluding ortho intramolecular Hbond substituents is 2. The van der Waals surface area contributed by atoms with Crippen LogP contribution < -0.4 is 11.1 Å². The molecular formula is C15H22N2O4. The van der Waals surface area contributed by atoms with Crippen molar-refractivity contribution in [1.29, 1.82) is 0 Å². The summed E-state index contributed by atoms with van der Waals surface area (Å²) in [6.07, 6.45) is 4.10. The molecule has 0 aliphatic heterocycles. The summed E-state index contributed by atoms with van der Waals surface area (Å²) >= 11 is 0. The first-order valence-corrected chi connectivity index (χ1v) is 7.23. The summed E-state index contributed by atoms with van der Waals surface area (Å²) in [5.41, 5.74) is 5.88. The lowest BCUT2D eigenvalue weighted by molar-refractivity contribution is 0.0267. The number of nitrogens with one attached hydrogen (secondary N) is 1.